The van der Waals surface area contributed by atoms with E-state index in [1.165, 1.54) is 18.2 Å². The van der Waals surface area contributed by atoms with Gasteiger partial charge in [-0.3, -0.25) is 0 Å². The highest BCUT2D eigenvalue weighted by Crippen LogP contribution is 2.69. The molecule has 0 radical (unpaired) electrons. The van der Waals surface area contributed by atoms with Gasteiger partial charge in [0, 0.05) is 5.41 Å². The lowest BCUT2D eigenvalue weighted by Gasteiger charge is -2.35. The SMILES string of the molecule is CC(C)(C)c1ncc([C@@]23CC[C@@H](c4cc(-c5c(F)cccc5F)nnc42)C3(C)C)o1. The molecule has 1 aromatic carbocycles. The van der Waals surface area contributed by atoms with Gasteiger partial charge in [-0.2, -0.15) is 5.10 Å². The normalized spacial score (nSPS) is 24.3. The highest BCUT2D eigenvalue weighted by Gasteiger charge is 2.66. The van der Waals surface area contributed by atoms with Crippen molar-refractivity contribution in [1.82, 2.24) is 15.2 Å². The summed E-state index contributed by atoms with van der Waals surface area (Å²) < 4.78 is 35.0. The standard InChI is InChI=1S/C24H25F2N3O/c1-22(2,3)21-27-12-18(30-21)24-10-9-14(23(24,4)5)13-11-17(28-29-20(13)24)19-15(25)7-6-8-16(19)26/h6-8,11-12,14H,9-10H2,1-5H3/t14-,24-/m0/s1. The van der Waals surface area contributed by atoms with E-state index < -0.39 is 17.0 Å². The molecule has 0 amide bonds. The van der Waals surface area contributed by atoms with Gasteiger partial charge in [-0.25, -0.2) is 13.8 Å². The lowest BCUT2D eigenvalue weighted by atomic mass is 9.67. The minimum Gasteiger partial charge on any atom is -0.444 e. The Hall–Kier alpha value is -2.63. The first-order valence-corrected chi connectivity index (χ1v) is 10.4. The third-order valence-corrected chi connectivity index (χ3v) is 7.17. The lowest BCUT2D eigenvalue weighted by molar-refractivity contribution is 0.205. The van der Waals surface area contributed by atoms with Crippen molar-refractivity contribution in [2.24, 2.45) is 5.41 Å². The zero-order valence-electron chi connectivity index (χ0n) is 17.9. The maximum atomic E-state index is 14.4. The van der Waals surface area contributed by atoms with Crippen LogP contribution in [0.4, 0.5) is 8.78 Å². The fourth-order valence-electron chi connectivity index (χ4n) is 5.55. The quantitative estimate of drug-likeness (QED) is 0.528. The predicted molar refractivity (Wildman–Crippen MR) is 109 cm³/mol. The minimum atomic E-state index is -0.633. The Labute approximate surface area is 174 Å². The minimum absolute atomic E-state index is 0.128. The van der Waals surface area contributed by atoms with E-state index in [2.05, 4.69) is 49.8 Å². The average molecular weight is 409 g/mol. The van der Waals surface area contributed by atoms with E-state index in [1.54, 1.807) is 0 Å². The molecular weight excluding hydrogens is 384 g/mol. The summed E-state index contributed by atoms with van der Waals surface area (Å²) in [5, 5.41) is 8.81. The molecule has 156 valence electrons. The van der Waals surface area contributed by atoms with Crippen LogP contribution in [0.25, 0.3) is 11.3 Å². The van der Waals surface area contributed by atoms with Gasteiger partial charge in [0.25, 0.3) is 0 Å². The van der Waals surface area contributed by atoms with Gasteiger partial charge in [0.1, 0.15) is 17.4 Å². The van der Waals surface area contributed by atoms with Gasteiger partial charge in [-0.15, -0.1) is 5.10 Å². The van der Waals surface area contributed by atoms with Crippen LogP contribution in [-0.4, -0.2) is 15.2 Å². The second kappa shape index (κ2) is 5.96. The Bertz CT molecular complexity index is 1140. The molecule has 0 spiro atoms. The van der Waals surface area contributed by atoms with E-state index in [0.29, 0.717) is 5.89 Å². The summed E-state index contributed by atoms with van der Waals surface area (Å²) in [5.41, 5.74) is 1.14. The highest BCUT2D eigenvalue weighted by atomic mass is 19.1. The predicted octanol–water partition coefficient (Wildman–Crippen LogP) is 5.91. The summed E-state index contributed by atoms with van der Waals surface area (Å²) in [4.78, 5) is 4.56. The monoisotopic (exact) mass is 409 g/mol. The van der Waals surface area contributed by atoms with E-state index in [0.717, 1.165) is 29.9 Å². The van der Waals surface area contributed by atoms with Gasteiger partial charge in [-0.05, 0) is 47.9 Å². The number of hydrogen-bond acceptors (Lipinski definition) is 4. The van der Waals surface area contributed by atoms with Gasteiger partial charge in [0.15, 0.2) is 5.89 Å². The molecule has 4 nitrogen and oxygen atoms in total. The molecule has 2 aliphatic carbocycles. The molecule has 5 rings (SSSR count). The average Bonchev–Trinajstić information content (AvgIpc) is 3.30. The Kier molecular flexibility index (Phi) is 3.84. The molecule has 2 heterocycles. The van der Waals surface area contributed by atoms with Gasteiger partial charge in [-0.1, -0.05) is 40.7 Å². The number of benzene rings is 1. The zero-order chi connectivity index (χ0) is 21.5. The Morgan fingerprint density at radius 3 is 2.43 bits per heavy atom. The molecule has 2 atom stereocenters. The molecular formula is C24H25F2N3O. The highest BCUT2D eigenvalue weighted by molar-refractivity contribution is 5.64. The van der Waals surface area contributed by atoms with Crippen molar-refractivity contribution in [3.05, 3.63) is 65.0 Å². The topological polar surface area (TPSA) is 51.8 Å². The van der Waals surface area contributed by atoms with Gasteiger partial charge >= 0.3 is 0 Å². The number of halogens is 2. The lowest BCUT2D eigenvalue weighted by Crippen LogP contribution is -2.36. The zero-order valence-corrected chi connectivity index (χ0v) is 17.9. The first-order valence-electron chi connectivity index (χ1n) is 10.4. The molecule has 2 aromatic heterocycles. The van der Waals surface area contributed by atoms with Crippen LogP contribution in [0.2, 0.25) is 0 Å². The Morgan fingerprint density at radius 2 is 1.80 bits per heavy atom. The molecule has 2 aliphatic rings. The van der Waals surface area contributed by atoms with Crippen LogP contribution >= 0.6 is 0 Å². The number of fused-ring (bicyclic) bond motifs is 5. The van der Waals surface area contributed by atoms with Crippen LogP contribution in [0, 0.1) is 17.0 Å². The first kappa shape index (κ1) is 19.3. The molecule has 3 aromatic rings. The van der Waals surface area contributed by atoms with Crippen molar-refractivity contribution in [3.8, 4) is 11.3 Å². The molecule has 0 aliphatic heterocycles. The number of nitrogens with zero attached hydrogens (tertiary/aromatic N) is 3. The van der Waals surface area contributed by atoms with Crippen molar-refractivity contribution < 1.29 is 13.2 Å². The molecule has 6 heteroatoms. The van der Waals surface area contributed by atoms with Crippen molar-refractivity contribution in [3.63, 3.8) is 0 Å². The fourth-order valence-corrected chi connectivity index (χ4v) is 5.55. The maximum Gasteiger partial charge on any atom is 0.199 e. The Balaban J connectivity index is 1.69. The van der Waals surface area contributed by atoms with Gasteiger partial charge in [0.05, 0.1) is 28.6 Å². The van der Waals surface area contributed by atoms with Gasteiger partial charge in [0.2, 0.25) is 0 Å². The maximum absolute atomic E-state index is 14.4. The molecule has 2 bridgehead atoms. The van der Waals surface area contributed by atoms with Crippen molar-refractivity contribution in [1.29, 1.82) is 0 Å². The van der Waals surface area contributed by atoms with Crippen LogP contribution in [0.15, 0.2) is 34.9 Å². The van der Waals surface area contributed by atoms with Crippen LogP contribution in [0.5, 0.6) is 0 Å². The number of hydrogen-bond donors (Lipinski definition) is 0. The number of oxazole rings is 1. The molecule has 1 saturated carbocycles. The van der Waals surface area contributed by atoms with Crippen molar-refractivity contribution >= 4 is 0 Å². The van der Waals surface area contributed by atoms with Crippen LogP contribution in [0.1, 0.15) is 76.3 Å². The summed E-state index contributed by atoms with van der Waals surface area (Å²) in [6.07, 6.45) is 3.67. The first-order chi connectivity index (χ1) is 14.1. The van der Waals surface area contributed by atoms with Gasteiger partial charge < -0.3 is 4.42 Å². The smallest absolute Gasteiger partial charge is 0.199 e. The van der Waals surface area contributed by atoms with E-state index in [4.69, 9.17) is 4.42 Å². The second-order valence-corrected chi connectivity index (χ2v) is 10.1. The molecule has 0 N–H and O–H groups in total. The number of aromatic nitrogens is 3. The van der Waals surface area contributed by atoms with E-state index in [1.807, 2.05) is 12.3 Å². The fraction of sp³-hybridized carbons (Fsp3) is 0.458. The molecule has 0 saturated heterocycles. The number of rotatable bonds is 2. The van der Waals surface area contributed by atoms with Crippen molar-refractivity contribution in [2.75, 3.05) is 0 Å². The van der Waals surface area contributed by atoms with Crippen molar-refractivity contribution in [2.45, 2.75) is 64.2 Å². The molecule has 1 fully saturated rings. The summed E-state index contributed by atoms with van der Waals surface area (Å²) >= 11 is 0. The van der Waals surface area contributed by atoms with E-state index >= 15 is 0 Å². The van der Waals surface area contributed by atoms with E-state index in [9.17, 15) is 8.78 Å². The Morgan fingerprint density at radius 1 is 1.10 bits per heavy atom. The van der Waals surface area contributed by atoms with E-state index in [-0.39, 0.29) is 28.0 Å². The van der Waals surface area contributed by atoms with Crippen LogP contribution < -0.4 is 0 Å². The van der Waals surface area contributed by atoms with Crippen LogP contribution in [0.3, 0.4) is 0 Å². The third-order valence-electron chi connectivity index (χ3n) is 7.17. The van der Waals surface area contributed by atoms with Crippen LogP contribution in [-0.2, 0) is 10.8 Å². The summed E-state index contributed by atoms with van der Waals surface area (Å²) in [7, 11) is 0. The molecule has 30 heavy (non-hydrogen) atoms. The summed E-state index contributed by atoms with van der Waals surface area (Å²) in [6.45, 7) is 10.6. The summed E-state index contributed by atoms with van der Waals surface area (Å²) in [5.74, 6) is 0.438. The largest absolute Gasteiger partial charge is 0.444 e. The summed E-state index contributed by atoms with van der Waals surface area (Å²) in [6, 6.07) is 5.66. The second-order valence-electron chi connectivity index (χ2n) is 10.1. The molecule has 0 unspecified atom stereocenters. The third kappa shape index (κ3) is 2.33.